The zero-order valence-corrected chi connectivity index (χ0v) is 15.2. The summed E-state index contributed by atoms with van der Waals surface area (Å²) in [5.74, 6) is -0.208. The van der Waals surface area contributed by atoms with Gasteiger partial charge in [-0.15, -0.1) is 0 Å². The van der Waals surface area contributed by atoms with Crippen LogP contribution in [0.4, 0.5) is 0 Å². The lowest BCUT2D eigenvalue weighted by Gasteiger charge is -2.29. The maximum atomic E-state index is 12.7. The number of hydrogen-bond acceptors (Lipinski definition) is 3. The van der Waals surface area contributed by atoms with Gasteiger partial charge >= 0.3 is 0 Å². The highest BCUT2D eigenvalue weighted by Crippen LogP contribution is 2.40. The molecule has 5 nitrogen and oxygen atoms in total. The van der Waals surface area contributed by atoms with Gasteiger partial charge in [0.1, 0.15) is 0 Å². The van der Waals surface area contributed by atoms with Crippen LogP contribution in [0.25, 0.3) is 0 Å². The van der Waals surface area contributed by atoms with E-state index >= 15 is 0 Å². The third-order valence-corrected chi connectivity index (χ3v) is 6.06. The predicted octanol–water partition coefficient (Wildman–Crippen LogP) is 2.45. The van der Waals surface area contributed by atoms with Crippen molar-refractivity contribution in [2.45, 2.75) is 38.3 Å². The van der Waals surface area contributed by atoms with Crippen LogP contribution in [0.1, 0.15) is 37.8 Å². The van der Waals surface area contributed by atoms with Gasteiger partial charge in [0.25, 0.3) is 0 Å². The first kappa shape index (κ1) is 17.3. The number of likely N-dealkylation sites (tertiary alicyclic amines) is 1. The summed E-state index contributed by atoms with van der Waals surface area (Å²) in [5, 5.41) is 3.10. The van der Waals surface area contributed by atoms with Gasteiger partial charge in [-0.1, -0.05) is 42.5 Å². The van der Waals surface area contributed by atoms with Gasteiger partial charge in [-0.2, -0.15) is 0 Å². The molecule has 26 heavy (non-hydrogen) atoms. The number of hydrogen-bond donors (Lipinski definition) is 1. The van der Waals surface area contributed by atoms with Crippen LogP contribution in [-0.4, -0.2) is 42.5 Å². The second-order valence-corrected chi connectivity index (χ2v) is 7.94. The molecule has 1 N–H and O–H groups in total. The fourth-order valence-electron chi connectivity index (χ4n) is 4.37. The van der Waals surface area contributed by atoms with Crippen LogP contribution in [0.3, 0.4) is 0 Å². The molecule has 1 aromatic carbocycles. The first-order chi connectivity index (χ1) is 12.6. The minimum atomic E-state index is -0.262. The molecular weight excluding hydrogens is 328 g/mol. The molecule has 1 aromatic rings. The largest absolute Gasteiger partial charge is 0.373 e. The Morgan fingerprint density at radius 2 is 2.19 bits per heavy atom. The highest BCUT2D eigenvalue weighted by Gasteiger charge is 2.42. The quantitative estimate of drug-likeness (QED) is 0.827. The molecule has 2 aliphatic heterocycles. The average molecular weight is 354 g/mol. The summed E-state index contributed by atoms with van der Waals surface area (Å²) in [7, 11) is 0. The molecule has 2 amide bonds. The van der Waals surface area contributed by atoms with Crippen LogP contribution in [0.15, 0.2) is 42.5 Å². The highest BCUT2D eigenvalue weighted by molar-refractivity contribution is 5.89. The van der Waals surface area contributed by atoms with E-state index in [9.17, 15) is 9.59 Å². The second kappa shape index (κ2) is 6.88. The van der Waals surface area contributed by atoms with Crippen molar-refractivity contribution in [2.24, 2.45) is 11.3 Å². The van der Waals surface area contributed by atoms with Gasteiger partial charge in [-0.05, 0) is 25.3 Å². The number of nitrogens with one attached hydrogen (secondary N) is 1. The Labute approximate surface area is 154 Å². The number of fused-ring (bicyclic) bond motifs is 2. The smallest absolute Gasteiger partial charge is 0.225 e. The van der Waals surface area contributed by atoms with Gasteiger partial charge in [0.2, 0.25) is 11.8 Å². The third kappa shape index (κ3) is 3.28. The van der Waals surface area contributed by atoms with Gasteiger partial charge in [0.15, 0.2) is 0 Å². The van der Waals surface area contributed by atoms with Gasteiger partial charge in [0, 0.05) is 24.9 Å². The van der Waals surface area contributed by atoms with Crippen LogP contribution in [0, 0.1) is 11.3 Å². The zero-order chi connectivity index (χ0) is 18.1. The summed E-state index contributed by atoms with van der Waals surface area (Å²) in [5.41, 5.74) is 1.14. The molecule has 4 unspecified atom stereocenters. The van der Waals surface area contributed by atoms with Gasteiger partial charge in [-0.25, -0.2) is 0 Å². The molecule has 0 aromatic heterocycles. The molecule has 5 heteroatoms. The fourth-order valence-corrected chi connectivity index (χ4v) is 4.37. The number of carbonyl (C=O) groups is 2. The van der Waals surface area contributed by atoms with E-state index in [0.29, 0.717) is 26.1 Å². The molecular formula is C21H26N2O3. The number of benzene rings is 1. The lowest BCUT2D eigenvalue weighted by molar-refractivity contribution is -0.130. The molecule has 4 rings (SSSR count). The SMILES string of the molecule is CC(c1ccccc1)N1CC(C(=O)NCC23CC=CC(C2)OC3)CC1=O. The van der Waals surface area contributed by atoms with E-state index in [1.807, 2.05) is 42.2 Å². The van der Waals surface area contributed by atoms with E-state index in [2.05, 4.69) is 17.5 Å². The Kier molecular flexibility index (Phi) is 4.57. The van der Waals surface area contributed by atoms with Crippen molar-refractivity contribution in [3.05, 3.63) is 48.0 Å². The number of allylic oxidation sites excluding steroid dienone is 1. The molecule has 2 fully saturated rings. The number of carbonyl (C=O) groups excluding carboxylic acids is 2. The standard InChI is InChI=1S/C21H26N2O3/c1-15(16-6-3-2-4-7-16)23-12-17(10-19(23)24)20(25)22-13-21-9-5-8-18(11-21)26-14-21/h2-8,15,17-18H,9-14H2,1H3,(H,22,25). The van der Waals surface area contributed by atoms with E-state index < -0.39 is 0 Å². The third-order valence-electron chi connectivity index (χ3n) is 6.06. The topological polar surface area (TPSA) is 58.6 Å². The lowest BCUT2D eigenvalue weighted by atomic mass is 9.79. The maximum absolute atomic E-state index is 12.7. The number of amides is 2. The Bertz CT molecular complexity index is 717. The summed E-state index contributed by atoms with van der Waals surface area (Å²) in [6.45, 7) is 3.85. The van der Waals surface area contributed by atoms with E-state index in [1.54, 1.807) is 0 Å². The molecule has 138 valence electrons. The molecule has 2 bridgehead atoms. The van der Waals surface area contributed by atoms with Crippen molar-refractivity contribution in [3.8, 4) is 0 Å². The molecule has 1 aliphatic carbocycles. The molecule has 4 atom stereocenters. The molecule has 0 radical (unpaired) electrons. The van der Waals surface area contributed by atoms with Gasteiger partial charge < -0.3 is 15.0 Å². The van der Waals surface area contributed by atoms with E-state index in [0.717, 1.165) is 18.4 Å². The second-order valence-electron chi connectivity index (χ2n) is 7.94. The Morgan fingerprint density at radius 1 is 1.38 bits per heavy atom. The summed E-state index contributed by atoms with van der Waals surface area (Å²) >= 11 is 0. The van der Waals surface area contributed by atoms with Crippen LogP contribution < -0.4 is 5.32 Å². The normalized spacial score (nSPS) is 31.3. The minimum Gasteiger partial charge on any atom is -0.373 e. The Balaban J connectivity index is 1.35. The van der Waals surface area contributed by atoms with Crippen molar-refractivity contribution >= 4 is 11.8 Å². The summed E-state index contributed by atoms with van der Waals surface area (Å²) in [6, 6.07) is 9.97. The van der Waals surface area contributed by atoms with Crippen LogP contribution >= 0.6 is 0 Å². The molecule has 0 spiro atoms. The zero-order valence-electron chi connectivity index (χ0n) is 15.2. The number of nitrogens with zero attached hydrogens (tertiary/aromatic N) is 1. The number of ether oxygens (including phenoxy) is 1. The summed E-state index contributed by atoms with van der Waals surface area (Å²) in [6.07, 6.45) is 6.71. The monoisotopic (exact) mass is 354 g/mol. The number of rotatable bonds is 5. The average Bonchev–Trinajstić information content (AvgIpc) is 3.20. The van der Waals surface area contributed by atoms with Gasteiger partial charge in [-0.3, -0.25) is 9.59 Å². The summed E-state index contributed by atoms with van der Waals surface area (Å²) < 4.78 is 5.75. The van der Waals surface area contributed by atoms with E-state index in [4.69, 9.17) is 4.74 Å². The minimum absolute atomic E-state index is 0.00603. The van der Waals surface area contributed by atoms with Crippen LogP contribution in [0.5, 0.6) is 0 Å². The van der Waals surface area contributed by atoms with E-state index in [-0.39, 0.29) is 35.3 Å². The van der Waals surface area contributed by atoms with Crippen molar-refractivity contribution < 1.29 is 14.3 Å². The maximum Gasteiger partial charge on any atom is 0.225 e. The Hall–Kier alpha value is -2.14. The molecule has 0 saturated carbocycles. The van der Waals surface area contributed by atoms with Gasteiger partial charge in [0.05, 0.1) is 24.7 Å². The Morgan fingerprint density at radius 3 is 3.00 bits per heavy atom. The van der Waals surface area contributed by atoms with Crippen molar-refractivity contribution in [3.63, 3.8) is 0 Å². The summed E-state index contributed by atoms with van der Waals surface area (Å²) in [4.78, 5) is 26.9. The van der Waals surface area contributed by atoms with Crippen molar-refractivity contribution in [1.29, 1.82) is 0 Å². The van der Waals surface area contributed by atoms with Crippen molar-refractivity contribution in [2.75, 3.05) is 19.7 Å². The molecule has 2 heterocycles. The lowest BCUT2D eigenvalue weighted by Crippen LogP contribution is -2.41. The predicted molar refractivity (Wildman–Crippen MR) is 98.2 cm³/mol. The van der Waals surface area contributed by atoms with Crippen molar-refractivity contribution in [1.82, 2.24) is 10.2 Å². The first-order valence-corrected chi connectivity index (χ1v) is 9.47. The van der Waals surface area contributed by atoms with Crippen LogP contribution in [-0.2, 0) is 14.3 Å². The fraction of sp³-hybridized carbons (Fsp3) is 0.524. The molecule has 2 saturated heterocycles. The molecule has 3 aliphatic rings. The first-order valence-electron chi connectivity index (χ1n) is 9.47. The van der Waals surface area contributed by atoms with Crippen LogP contribution in [0.2, 0.25) is 0 Å². The van der Waals surface area contributed by atoms with E-state index in [1.165, 1.54) is 0 Å². The highest BCUT2D eigenvalue weighted by atomic mass is 16.5.